The Morgan fingerprint density at radius 2 is 2.04 bits per heavy atom. The average molecular weight is 408 g/mol. The summed E-state index contributed by atoms with van der Waals surface area (Å²) in [5.41, 5.74) is 2.03. The van der Waals surface area contributed by atoms with Gasteiger partial charge in [0, 0.05) is 12.6 Å². The molecule has 1 amide bonds. The summed E-state index contributed by atoms with van der Waals surface area (Å²) in [6.07, 6.45) is 10.6. The minimum absolute atomic E-state index is 0.311. The van der Waals surface area contributed by atoms with Gasteiger partial charge >= 0.3 is 5.97 Å². The topological polar surface area (TPSA) is 73.9 Å². The first-order valence-electron chi connectivity index (χ1n) is 9.24. The smallest absolute Gasteiger partial charge is 0.331 e. The zero-order valence-electron chi connectivity index (χ0n) is 16.3. The van der Waals surface area contributed by atoms with E-state index in [1.807, 2.05) is 0 Å². The summed E-state index contributed by atoms with van der Waals surface area (Å²) >= 11 is 6.12. The Hall–Kier alpha value is -2.47. The quantitative estimate of drug-likeness (QED) is 0.381. The van der Waals surface area contributed by atoms with E-state index in [-0.39, 0.29) is 12.5 Å². The van der Waals surface area contributed by atoms with Crippen LogP contribution in [0.5, 0.6) is 11.5 Å². The highest BCUT2D eigenvalue weighted by Gasteiger charge is 2.10. The van der Waals surface area contributed by atoms with Gasteiger partial charge in [-0.05, 0) is 55.9 Å². The van der Waals surface area contributed by atoms with Crippen molar-refractivity contribution < 1.29 is 23.8 Å². The third-order valence-electron chi connectivity index (χ3n) is 4.37. The molecule has 0 heterocycles. The molecule has 1 aromatic carbocycles. The van der Waals surface area contributed by atoms with Gasteiger partial charge in [0.15, 0.2) is 18.1 Å². The van der Waals surface area contributed by atoms with Gasteiger partial charge in [0.25, 0.3) is 5.91 Å². The standard InChI is InChI=1S/C21H26ClNO5/c1-26-18-13-16(12-17(22)21(18)27-2)8-9-20(25)28-14-19(24)23-11-10-15-6-4-3-5-7-15/h6,8-9,12-13H,3-5,7,10-11,14H2,1-2H3,(H,23,24)/b9-8+. The fourth-order valence-electron chi connectivity index (χ4n) is 2.93. The van der Waals surface area contributed by atoms with E-state index >= 15 is 0 Å². The monoisotopic (exact) mass is 407 g/mol. The summed E-state index contributed by atoms with van der Waals surface area (Å²) in [5.74, 6) is -0.0524. The zero-order valence-corrected chi connectivity index (χ0v) is 17.0. The SMILES string of the molecule is COc1cc(/C=C/C(=O)OCC(=O)NCCC2=CCCCC2)cc(Cl)c1OC. The molecule has 0 aliphatic heterocycles. The first-order valence-corrected chi connectivity index (χ1v) is 9.62. The molecule has 152 valence electrons. The molecule has 0 bridgehead atoms. The number of halogens is 1. The van der Waals surface area contributed by atoms with E-state index < -0.39 is 5.97 Å². The van der Waals surface area contributed by atoms with Crippen LogP contribution in [0.2, 0.25) is 5.02 Å². The molecule has 2 rings (SSSR count). The first-order chi connectivity index (χ1) is 13.5. The lowest BCUT2D eigenvalue weighted by atomic mass is 9.97. The third kappa shape index (κ3) is 6.93. The predicted molar refractivity (Wildman–Crippen MR) is 109 cm³/mol. The third-order valence-corrected chi connectivity index (χ3v) is 4.65. The van der Waals surface area contributed by atoms with E-state index in [9.17, 15) is 9.59 Å². The Labute approximate surface area is 170 Å². The fourth-order valence-corrected chi connectivity index (χ4v) is 3.22. The minimum atomic E-state index is -0.615. The summed E-state index contributed by atoms with van der Waals surface area (Å²) in [6.45, 7) is 0.247. The molecule has 0 radical (unpaired) electrons. The van der Waals surface area contributed by atoms with Crippen molar-refractivity contribution in [3.8, 4) is 11.5 Å². The normalized spacial score (nSPS) is 13.8. The number of carbonyl (C=O) groups is 2. The number of hydrogen-bond acceptors (Lipinski definition) is 5. The van der Waals surface area contributed by atoms with Crippen LogP contribution in [0.25, 0.3) is 6.08 Å². The van der Waals surface area contributed by atoms with E-state index in [0.717, 1.165) is 19.3 Å². The highest BCUT2D eigenvalue weighted by Crippen LogP contribution is 2.36. The van der Waals surface area contributed by atoms with Crippen molar-refractivity contribution in [3.63, 3.8) is 0 Å². The lowest BCUT2D eigenvalue weighted by Gasteiger charge is -2.12. The van der Waals surface area contributed by atoms with Crippen LogP contribution in [0.3, 0.4) is 0 Å². The van der Waals surface area contributed by atoms with Crippen molar-refractivity contribution in [2.24, 2.45) is 0 Å². The molecule has 0 saturated heterocycles. The van der Waals surface area contributed by atoms with Gasteiger partial charge in [0.05, 0.1) is 19.2 Å². The van der Waals surface area contributed by atoms with E-state index in [1.165, 1.54) is 44.8 Å². The van der Waals surface area contributed by atoms with Crippen LogP contribution in [-0.2, 0) is 14.3 Å². The van der Waals surface area contributed by atoms with Crippen molar-refractivity contribution in [1.29, 1.82) is 0 Å². The van der Waals surface area contributed by atoms with E-state index in [4.69, 9.17) is 25.8 Å². The van der Waals surface area contributed by atoms with Gasteiger partial charge in [-0.1, -0.05) is 23.3 Å². The summed E-state index contributed by atoms with van der Waals surface area (Å²) in [5, 5.41) is 3.13. The van der Waals surface area contributed by atoms with Gasteiger partial charge in [-0.15, -0.1) is 0 Å². The van der Waals surface area contributed by atoms with E-state index in [2.05, 4.69) is 11.4 Å². The van der Waals surface area contributed by atoms with Crippen LogP contribution in [0.15, 0.2) is 29.9 Å². The molecule has 0 aromatic heterocycles. The number of benzene rings is 1. The molecular formula is C21H26ClNO5. The van der Waals surface area contributed by atoms with Gasteiger partial charge in [-0.2, -0.15) is 0 Å². The molecule has 0 fully saturated rings. The van der Waals surface area contributed by atoms with Crippen molar-refractivity contribution >= 4 is 29.6 Å². The van der Waals surface area contributed by atoms with Crippen LogP contribution in [0.1, 0.15) is 37.7 Å². The Balaban J connectivity index is 1.76. The minimum Gasteiger partial charge on any atom is -0.493 e. The molecule has 0 atom stereocenters. The van der Waals surface area contributed by atoms with Gasteiger partial charge < -0.3 is 19.5 Å². The molecule has 28 heavy (non-hydrogen) atoms. The van der Waals surface area contributed by atoms with Crippen molar-refractivity contribution in [3.05, 3.63) is 40.4 Å². The second-order valence-corrected chi connectivity index (χ2v) is 6.79. The number of amides is 1. The highest BCUT2D eigenvalue weighted by molar-refractivity contribution is 6.32. The maximum absolute atomic E-state index is 11.8. The molecule has 1 aliphatic rings. The molecule has 0 spiro atoms. The number of carbonyl (C=O) groups excluding carboxylic acids is 2. The van der Waals surface area contributed by atoms with Crippen molar-refractivity contribution in [2.75, 3.05) is 27.4 Å². The average Bonchev–Trinajstić information content (AvgIpc) is 2.71. The number of ether oxygens (including phenoxy) is 3. The Morgan fingerprint density at radius 3 is 2.71 bits per heavy atom. The Morgan fingerprint density at radius 1 is 1.21 bits per heavy atom. The predicted octanol–water partition coefficient (Wildman–Crippen LogP) is 3.92. The van der Waals surface area contributed by atoms with Crippen LogP contribution in [0.4, 0.5) is 0 Å². The van der Waals surface area contributed by atoms with Crippen LogP contribution < -0.4 is 14.8 Å². The van der Waals surface area contributed by atoms with Gasteiger partial charge in [0.2, 0.25) is 0 Å². The van der Waals surface area contributed by atoms with Crippen molar-refractivity contribution in [2.45, 2.75) is 32.1 Å². The summed E-state index contributed by atoms with van der Waals surface area (Å²) in [6, 6.07) is 3.32. The van der Waals surface area contributed by atoms with Gasteiger partial charge in [-0.3, -0.25) is 4.79 Å². The van der Waals surface area contributed by atoms with E-state index in [0.29, 0.717) is 28.6 Å². The van der Waals surface area contributed by atoms with E-state index in [1.54, 1.807) is 12.1 Å². The summed E-state index contributed by atoms with van der Waals surface area (Å²) < 4.78 is 15.3. The number of hydrogen-bond donors (Lipinski definition) is 1. The molecule has 0 saturated carbocycles. The van der Waals surface area contributed by atoms with Crippen LogP contribution in [-0.4, -0.2) is 39.2 Å². The molecule has 1 aromatic rings. The molecule has 6 nitrogen and oxygen atoms in total. The van der Waals surface area contributed by atoms with Crippen LogP contribution in [0, 0.1) is 0 Å². The fraction of sp³-hybridized carbons (Fsp3) is 0.429. The molecular weight excluding hydrogens is 382 g/mol. The molecule has 7 heteroatoms. The van der Waals surface area contributed by atoms with Crippen molar-refractivity contribution in [1.82, 2.24) is 5.32 Å². The number of nitrogens with one attached hydrogen (secondary N) is 1. The number of allylic oxidation sites excluding steroid dienone is 1. The maximum Gasteiger partial charge on any atom is 0.331 e. The largest absolute Gasteiger partial charge is 0.493 e. The second kappa shape index (κ2) is 11.4. The summed E-state index contributed by atoms with van der Waals surface area (Å²) in [7, 11) is 2.99. The second-order valence-electron chi connectivity index (χ2n) is 6.39. The zero-order chi connectivity index (χ0) is 20.4. The maximum atomic E-state index is 11.8. The van der Waals surface area contributed by atoms with Gasteiger partial charge in [0.1, 0.15) is 0 Å². The number of methoxy groups -OCH3 is 2. The Bertz CT molecular complexity index is 757. The highest BCUT2D eigenvalue weighted by atomic mass is 35.5. The lowest BCUT2D eigenvalue weighted by molar-refractivity contribution is -0.143. The first kappa shape index (κ1) is 21.8. The van der Waals surface area contributed by atoms with Crippen LogP contribution >= 0.6 is 11.6 Å². The Kier molecular flexibility index (Phi) is 8.88. The van der Waals surface area contributed by atoms with Gasteiger partial charge in [-0.25, -0.2) is 4.79 Å². The molecule has 1 N–H and O–H groups in total. The number of esters is 1. The molecule has 0 unspecified atom stereocenters. The molecule has 1 aliphatic carbocycles. The lowest BCUT2D eigenvalue weighted by Crippen LogP contribution is -2.29. The number of rotatable bonds is 9. The summed E-state index contributed by atoms with van der Waals surface area (Å²) in [4.78, 5) is 23.6.